The monoisotopic (exact) mass is 670 g/mol. The van der Waals surface area contributed by atoms with Gasteiger partial charge in [-0.05, 0) is 101 Å². The van der Waals surface area contributed by atoms with E-state index in [0.29, 0.717) is 0 Å². The first kappa shape index (κ1) is 30.1. The highest BCUT2D eigenvalue weighted by molar-refractivity contribution is 7.85. The lowest BCUT2D eigenvalue weighted by molar-refractivity contribution is 0.586. The molecule has 1 aliphatic rings. The van der Waals surface area contributed by atoms with Gasteiger partial charge in [-0.3, -0.25) is 0 Å². The summed E-state index contributed by atoms with van der Waals surface area (Å²) in [7, 11) is -3.22. The number of hydrogen-bond donors (Lipinski definition) is 0. The smallest absolute Gasteiger partial charge is 0.171 e. The Morgan fingerprint density at radius 2 is 0.902 bits per heavy atom. The van der Waals surface area contributed by atoms with Gasteiger partial charge in [0, 0.05) is 21.3 Å². The van der Waals surface area contributed by atoms with Crippen LogP contribution < -0.4 is 15.9 Å². The highest BCUT2D eigenvalue weighted by Crippen LogP contribution is 2.53. The third kappa shape index (κ3) is 4.45. The summed E-state index contributed by atoms with van der Waals surface area (Å²) in [5.74, 6) is 0. The van der Waals surface area contributed by atoms with E-state index in [1.54, 1.807) is 0 Å². The van der Waals surface area contributed by atoms with Crippen molar-refractivity contribution in [1.82, 2.24) is 0 Å². The first-order chi connectivity index (χ1) is 24.9. The minimum Gasteiger partial charge on any atom is -0.309 e. The van der Waals surface area contributed by atoms with Crippen molar-refractivity contribution in [2.45, 2.75) is 19.3 Å². The van der Waals surface area contributed by atoms with Crippen molar-refractivity contribution >= 4 is 66.1 Å². The number of hydrogen-bond acceptors (Lipinski definition) is 1. The Morgan fingerprint density at radius 1 is 0.373 bits per heavy atom. The van der Waals surface area contributed by atoms with E-state index in [2.05, 4.69) is 184 Å². The summed E-state index contributed by atoms with van der Waals surface area (Å²) >= 11 is 0. The third-order valence-electron chi connectivity index (χ3n) is 11.3. The van der Waals surface area contributed by atoms with Crippen molar-refractivity contribution in [2.24, 2.45) is 0 Å². The van der Waals surface area contributed by atoms with Crippen LogP contribution in [-0.2, 0) is 9.98 Å². The molecule has 0 aliphatic carbocycles. The summed E-state index contributed by atoms with van der Waals surface area (Å²) in [6.07, 6.45) is 0. The van der Waals surface area contributed by atoms with E-state index >= 15 is 4.57 Å². The van der Waals surface area contributed by atoms with Crippen LogP contribution in [0, 0.1) is 0 Å². The third-order valence-corrected chi connectivity index (χ3v) is 14.4. The molecule has 51 heavy (non-hydrogen) atoms. The Kier molecular flexibility index (Phi) is 6.57. The molecule has 1 unspecified atom stereocenters. The molecule has 9 aromatic rings. The van der Waals surface area contributed by atoms with Gasteiger partial charge in [-0.1, -0.05) is 166 Å². The van der Waals surface area contributed by atoms with Gasteiger partial charge in [-0.2, -0.15) is 0 Å². The van der Waals surface area contributed by atoms with Gasteiger partial charge < -0.3 is 4.57 Å². The Hall–Kier alpha value is -5.75. The summed E-state index contributed by atoms with van der Waals surface area (Å²) < 4.78 is 16.0. The second kappa shape index (κ2) is 11.1. The molecule has 0 amide bonds. The predicted octanol–water partition coefficient (Wildman–Crippen LogP) is 11.9. The highest BCUT2D eigenvalue weighted by atomic mass is 31.2. The molecule has 0 fully saturated rings. The molecule has 1 nitrogen and oxygen atoms in total. The quantitative estimate of drug-likeness (QED) is 0.135. The van der Waals surface area contributed by atoms with Crippen LogP contribution in [0.4, 0.5) is 0 Å². The maximum atomic E-state index is 16.0. The number of rotatable bonds is 3. The van der Waals surface area contributed by atoms with Crippen LogP contribution >= 0.6 is 7.14 Å². The lowest BCUT2D eigenvalue weighted by Crippen LogP contribution is -2.42. The van der Waals surface area contributed by atoms with Crippen LogP contribution in [0.2, 0.25) is 0 Å². The Bertz CT molecular complexity index is 2900. The normalized spacial score (nSPS) is 16.4. The standard InChI is InChI=1S/C49H35OP/c1-49(2)45-20-9-10-21-47(45)51(50,38-25-22-32-12-3-4-13-35(32)29-38)48-31-37(24-27-46(48)49)34-15-11-14-33(28-34)36-23-26-43-41-18-6-5-16-39(41)40-17-7-8-19-42(40)44(43)30-36/h3-31H,1-2H3. The summed E-state index contributed by atoms with van der Waals surface area (Å²) in [4.78, 5) is 0. The molecule has 0 saturated carbocycles. The zero-order chi connectivity index (χ0) is 34.3. The van der Waals surface area contributed by atoms with Crippen LogP contribution in [0.5, 0.6) is 0 Å². The Labute approximate surface area is 298 Å². The van der Waals surface area contributed by atoms with Gasteiger partial charge in [0.2, 0.25) is 0 Å². The fourth-order valence-electron chi connectivity index (χ4n) is 8.67. The first-order valence-corrected chi connectivity index (χ1v) is 19.4. The molecule has 0 saturated heterocycles. The van der Waals surface area contributed by atoms with Crippen molar-refractivity contribution in [1.29, 1.82) is 0 Å². The van der Waals surface area contributed by atoms with Crippen LogP contribution in [0.25, 0.3) is 65.3 Å². The van der Waals surface area contributed by atoms with Gasteiger partial charge in [0.15, 0.2) is 7.14 Å². The van der Waals surface area contributed by atoms with E-state index in [4.69, 9.17) is 0 Å². The van der Waals surface area contributed by atoms with Gasteiger partial charge in [-0.25, -0.2) is 0 Å². The molecular weight excluding hydrogens is 636 g/mol. The Balaban J connectivity index is 1.15. The van der Waals surface area contributed by atoms with Crippen LogP contribution in [0.15, 0.2) is 176 Å². The van der Waals surface area contributed by atoms with Gasteiger partial charge in [-0.15, -0.1) is 0 Å². The summed E-state index contributed by atoms with van der Waals surface area (Å²) in [5, 5.41) is 12.7. The van der Waals surface area contributed by atoms with Crippen molar-refractivity contribution in [2.75, 3.05) is 0 Å². The molecule has 1 atom stereocenters. The molecule has 1 heterocycles. The number of benzene rings is 9. The molecule has 0 N–H and O–H groups in total. The zero-order valence-electron chi connectivity index (χ0n) is 28.6. The maximum absolute atomic E-state index is 16.0. The fraction of sp³-hybridized carbons (Fsp3) is 0.0612. The highest BCUT2D eigenvalue weighted by Gasteiger charge is 2.44. The zero-order valence-corrected chi connectivity index (χ0v) is 29.5. The van der Waals surface area contributed by atoms with E-state index < -0.39 is 7.14 Å². The summed E-state index contributed by atoms with van der Waals surface area (Å²) in [5.41, 5.74) is 6.50. The van der Waals surface area contributed by atoms with E-state index in [-0.39, 0.29) is 5.41 Å². The molecule has 0 spiro atoms. The van der Waals surface area contributed by atoms with Gasteiger partial charge >= 0.3 is 0 Å². The van der Waals surface area contributed by atoms with Crippen molar-refractivity contribution < 1.29 is 4.57 Å². The molecule has 2 heteroatoms. The maximum Gasteiger partial charge on any atom is 0.171 e. The fourth-order valence-corrected chi connectivity index (χ4v) is 12.1. The second-order valence-corrected chi connectivity index (χ2v) is 17.1. The average Bonchev–Trinajstić information content (AvgIpc) is 3.19. The van der Waals surface area contributed by atoms with Crippen LogP contribution in [0.3, 0.4) is 0 Å². The molecule has 9 aromatic carbocycles. The summed E-state index contributed by atoms with van der Waals surface area (Å²) in [6.45, 7) is 4.53. The lowest BCUT2D eigenvalue weighted by atomic mass is 9.77. The topological polar surface area (TPSA) is 17.1 Å². The van der Waals surface area contributed by atoms with E-state index in [1.165, 1.54) is 37.9 Å². The van der Waals surface area contributed by atoms with Gasteiger partial charge in [0.1, 0.15) is 0 Å². The van der Waals surface area contributed by atoms with Crippen molar-refractivity contribution in [3.63, 3.8) is 0 Å². The molecule has 1 aliphatic heterocycles. The minimum absolute atomic E-state index is 0.297. The first-order valence-electron chi connectivity index (χ1n) is 17.7. The lowest BCUT2D eigenvalue weighted by Gasteiger charge is -2.39. The molecule has 0 bridgehead atoms. The second-order valence-electron chi connectivity index (χ2n) is 14.4. The summed E-state index contributed by atoms with van der Waals surface area (Å²) in [6, 6.07) is 62.9. The minimum atomic E-state index is -3.22. The molecule has 0 radical (unpaired) electrons. The Morgan fingerprint density at radius 3 is 1.63 bits per heavy atom. The predicted molar refractivity (Wildman–Crippen MR) is 219 cm³/mol. The van der Waals surface area contributed by atoms with Crippen LogP contribution in [0.1, 0.15) is 25.0 Å². The molecule has 0 aromatic heterocycles. The SMILES string of the molecule is CC1(C)c2ccccc2P(=O)(c2ccc3ccccc3c2)c2cc(-c3cccc(-c4ccc5c6ccccc6c6ccccc6c5c4)c3)ccc21. The van der Waals surface area contributed by atoms with E-state index in [1.807, 2.05) is 6.07 Å². The van der Waals surface area contributed by atoms with Crippen LogP contribution in [-0.4, -0.2) is 0 Å². The largest absolute Gasteiger partial charge is 0.309 e. The molecular formula is C49H35OP. The average molecular weight is 671 g/mol. The van der Waals surface area contributed by atoms with E-state index in [0.717, 1.165) is 54.5 Å². The molecule has 242 valence electrons. The van der Waals surface area contributed by atoms with Gasteiger partial charge in [0.25, 0.3) is 0 Å². The number of fused-ring (bicyclic) bond motifs is 9. The van der Waals surface area contributed by atoms with Crippen molar-refractivity contribution in [3.05, 3.63) is 187 Å². The van der Waals surface area contributed by atoms with Crippen molar-refractivity contribution in [3.8, 4) is 22.3 Å². The van der Waals surface area contributed by atoms with E-state index in [9.17, 15) is 0 Å². The molecule has 10 rings (SSSR count). The van der Waals surface area contributed by atoms with Gasteiger partial charge in [0.05, 0.1) is 0 Å².